The smallest absolute Gasteiger partial charge is 0.266 e. The number of carbonyl (C=O) groups is 2. The van der Waals surface area contributed by atoms with E-state index in [1.807, 2.05) is 13.8 Å². The zero-order valence-electron chi connectivity index (χ0n) is 15.0. The van der Waals surface area contributed by atoms with E-state index >= 15 is 0 Å². The van der Waals surface area contributed by atoms with Crippen LogP contribution in [-0.2, 0) is 29.4 Å². The van der Waals surface area contributed by atoms with E-state index in [2.05, 4.69) is 40.6 Å². The normalized spacial score (nSPS) is 28.8. The maximum Gasteiger partial charge on any atom is 0.351 e. The zero-order valence-corrected chi connectivity index (χ0v) is 15.0. The van der Waals surface area contributed by atoms with Gasteiger partial charge in [-0.2, -0.15) is 0 Å². The fourth-order valence-corrected chi connectivity index (χ4v) is 3.34. The number of carbonyl (C=O) groups excluding carboxylic acids is 2. The van der Waals surface area contributed by atoms with Crippen molar-refractivity contribution in [2.24, 2.45) is 16.7 Å². The van der Waals surface area contributed by atoms with E-state index in [4.69, 9.17) is 0 Å². The number of hydrogen-bond acceptors (Lipinski definition) is 6. The van der Waals surface area contributed by atoms with E-state index in [-0.39, 0.29) is 12.3 Å². The molecular formula is C17H30O6. The maximum absolute atomic E-state index is 12.5. The zero-order chi connectivity index (χ0) is 17.5. The third-order valence-corrected chi connectivity index (χ3v) is 5.47. The molecule has 0 bridgehead atoms. The average molecular weight is 330 g/mol. The van der Waals surface area contributed by atoms with Gasteiger partial charge in [-0.05, 0) is 38.0 Å². The van der Waals surface area contributed by atoms with Crippen LogP contribution in [0.5, 0.6) is 0 Å². The van der Waals surface area contributed by atoms with Gasteiger partial charge in [-0.1, -0.05) is 46.5 Å². The highest BCUT2D eigenvalue weighted by atomic mass is 17.7. The van der Waals surface area contributed by atoms with E-state index in [0.717, 1.165) is 38.5 Å². The summed E-state index contributed by atoms with van der Waals surface area (Å²) in [5.41, 5.74) is -1.23. The van der Waals surface area contributed by atoms with Crippen molar-refractivity contribution in [2.75, 3.05) is 0 Å². The molecule has 1 aliphatic heterocycles. The van der Waals surface area contributed by atoms with Crippen molar-refractivity contribution < 1.29 is 29.4 Å². The van der Waals surface area contributed by atoms with Crippen LogP contribution in [0.2, 0.25) is 0 Å². The van der Waals surface area contributed by atoms with Crippen LogP contribution in [0.1, 0.15) is 79.6 Å². The van der Waals surface area contributed by atoms with Gasteiger partial charge in [-0.15, -0.1) is 0 Å². The van der Waals surface area contributed by atoms with E-state index < -0.39 is 22.8 Å². The van der Waals surface area contributed by atoms with Crippen LogP contribution in [-0.4, -0.2) is 11.9 Å². The molecule has 1 aliphatic rings. The van der Waals surface area contributed by atoms with Gasteiger partial charge < -0.3 is 0 Å². The Bertz CT molecular complexity index is 406. The highest BCUT2D eigenvalue weighted by Gasteiger charge is 2.52. The minimum absolute atomic E-state index is 0.00532. The molecule has 0 aromatic carbocycles. The molecule has 0 radical (unpaired) electrons. The summed E-state index contributed by atoms with van der Waals surface area (Å²) in [5, 5.41) is 8.45. The lowest BCUT2D eigenvalue weighted by molar-refractivity contribution is -0.602. The quantitative estimate of drug-likeness (QED) is 0.677. The van der Waals surface area contributed by atoms with Gasteiger partial charge in [-0.25, -0.2) is 9.59 Å². The Kier molecular flexibility index (Phi) is 7.48. The number of unbranched alkanes of at least 4 members (excludes halogenated alkanes) is 2. The van der Waals surface area contributed by atoms with Crippen molar-refractivity contribution >= 4 is 11.9 Å². The van der Waals surface area contributed by atoms with Gasteiger partial charge in [0.05, 0.1) is 11.8 Å². The Morgan fingerprint density at radius 3 is 2.22 bits per heavy atom. The number of hydrogen-bond donors (Lipinski definition) is 0. The van der Waals surface area contributed by atoms with Crippen molar-refractivity contribution in [3.8, 4) is 0 Å². The molecule has 1 saturated heterocycles. The molecular weight excluding hydrogens is 300 g/mol. The predicted molar refractivity (Wildman–Crippen MR) is 83.4 cm³/mol. The molecule has 0 aliphatic carbocycles. The topological polar surface area (TPSA) is 71.1 Å². The summed E-state index contributed by atoms with van der Waals surface area (Å²) in [6.07, 6.45) is 5.88. The molecule has 2 atom stereocenters. The molecule has 6 nitrogen and oxygen atoms in total. The van der Waals surface area contributed by atoms with Crippen molar-refractivity contribution in [3.63, 3.8) is 0 Å². The lowest BCUT2D eigenvalue weighted by Gasteiger charge is -2.47. The molecule has 2 unspecified atom stereocenters. The standard InChI is InChI=1S/C17H30O6/c1-6-8-10-13-12-14(18)20-22-23-21-15(19)16(3,4)17(13,5)11-9-7-2/h13H,6-12H2,1-5H3. The lowest BCUT2D eigenvalue weighted by atomic mass is 9.56. The van der Waals surface area contributed by atoms with Crippen molar-refractivity contribution in [3.05, 3.63) is 0 Å². The minimum Gasteiger partial charge on any atom is -0.266 e. The Morgan fingerprint density at radius 1 is 1.00 bits per heavy atom. The monoisotopic (exact) mass is 330 g/mol. The minimum atomic E-state index is -0.818. The van der Waals surface area contributed by atoms with Gasteiger partial charge in [0.15, 0.2) is 0 Å². The summed E-state index contributed by atoms with van der Waals surface area (Å²) in [7, 11) is 0. The highest BCUT2D eigenvalue weighted by Crippen LogP contribution is 2.52. The SMILES string of the molecule is CCCCC1CC(=O)OOOOC(=O)C(C)(C)C1(C)CCCC. The van der Waals surface area contributed by atoms with Crippen LogP contribution >= 0.6 is 0 Å². The summed E-state index contributed by atoms with van der Waals surface area (Å²) in [6.45, 7) is 9.99. The summed E-state index contributed by atoms with van der Waals surface area (Å²) in [6, 6.07) is 0. The largest absolute Gasteiger partial charge is 0.351 e. The van der Waals surface area contributed by atoms with E-state index in [1.54, 1.807) is 0 Å². The van der Waals surface area contributed by atoms with Crippen LogP contribution in [0.4, 0.5) is 0 Å². The van der Waals surface area contributed by atoms with Gasteiger partial charge in [-0.3, -0.25) is 9.78 Å². The van der Waals surface area contributed by atoms with Gasteiger partial charge in [0.25, 0.3) is 0 Å². The van der Waals surface area contributed by atoms with Crippen LogP contribution < -0.4 is 0 Å². The predicted octanol–water partition coefficient (Wildman–Crippen LogP) is 4.28. The molecule has 0 N–H and O–H groups in total. The average Bonchev–Trinajstić information content (AvgIpc) is 2.51. The van der Waals surface area contributed by atoms with Crippen LogP contribution in [0.25, 0.3) is 0 Å². The molecule has 0 amide bonds. The Labute approximate surface area is 138 Å². The first-order valence-corrected chi connectivity index (χ1v) is 8.54. The van der Waals surface area contributed by atoms with Crippen LogP contribution in [0, 0.1) is 16.7 Å². The Morgan fingerprint density at radius 2 is 1.61 bits per heavy atom. The molecule has 0 aromatic heterocycles. The third kappa shape index (κ3) is 4.67. The third-order valence-electron chi connectivity index (χ3n) is 5.47. The first kappa shape index (κ1) is 19.9. The second-order valence-electron chi connectivity index (χ2n) is 7.15. The van der Waals surface area contributed by atoms with Crippen LogP contribution in [0.15, 0.2) is 0 Å². The second kappa shape index (κ2) is 8.64. The van der Waals surface area contributed by atoms with Gasteiger partial charge in [0.2, 0.25) is 0 Å². The second-order valence-corrected chi connectivity index (χ2v) is 7.15. The van der Waals surface area contributed by atoms with Gasteiger partial charge >= 0.3 is 11.9 Å². The fraction of sp³-hybridized carbons (Fsp3) is 0.882. The summed E-state index contributed by atoms with van der Waals surface area (Å²) < 4.78 is 0. The van der Waals surface area contributed by atoms with E-state index in [9.17, 15) is 9.59 Å². The molecule has 0 spiro atoms. The number of rotatable bonds is 6. The van der Waals surface area contributed by atoms with Crippen LogP contribution in [0.3, 0.4) is 0 Å². The summed E-state index contributed by atoms with van der Waals surface area (Å²) in [5.74, 6) is -1.02. The molecule has 1 fully saturated rings. The maximum atomic E-state index is 12.5. The van der Waals surface area contributed by atoms with Crippen molar-refractivity contribution in [1.29, 1.82) is 0 Å². The van der Waals surface area contributed by atoms with Gasteiger partial charge in [0.1, 0.15) is 0 Å². The summed E-state index contributed by atoms with van der Waals surface area (Å²) in [4.78, 5) is 33.6. The molecule has 23 heavy (non-hydrogen) atoms. The molecule has 0 saturated carbocycles. The highest BCUT2D eigenvalue weighted by molar-refractivity contribution is 5.77. The molecule has 134 valence electrons. The molecule has 0 aromatic rings. The van der Waals surface area contributed by atoms with E-state index in [1.165, 1.54) is 0 Å². The molecule has 6 heteroatoms. The first-order valence-electron chi connectivity index (χ1n) is 8.54. The van der Waals surface area contributed by atoms with E-state index in [0.29, 0.717) is 0 Å². The Hall–Kier alpha value is -1.14. The lowest BCUT2D eigenvalue weighted by Crippen LogP contribution is -2.48. The van der Waals surface area contributed by atoms with Crippen molar-refractivity contribution in [1.82, 2.24) is 0 Å². The van der Waals surface area contributed by atoms with Gasteiger partial charge in [0, 0.05) is 10.1 Å². The first-order chi connectivity index (χ1) is 10.8. The summed E-state index contributed by atoms with van der Waals surface area (Å²) >= 11 is 0. The fourth-order valence-electron chi connectivity index (χ4n) is 3.34. The molecule has 1 heterocycles. The Balaban J connectivity index is 3.21. The molecule has 1 rings (SSSR count). The van der Waals surface area contributed by atoms with Crippen molar-refractivity contribution in [2.45, 2.75) is 79.6 Å².